The van der Waals surface area contributed by atoms with Crippen molar-refractivity contribution < 1.29 is 13.2 Å². The quantitative estimate of drug-likeness (QED) is 0.726. The number of anilines is 1. The lowest BCUT2D eigenvalue weighted by Crippen LogP contribution is -2.09. The number of hydrogen-bond donors (Lipinski definition) is 0. The molecular formula is C17H15F3N4. The van der Waals surface area contributed by atoms with Crippen LogP contribution in [-0.2, 0) is 6.18 Å². The molecule has 0 aliphatic heterocycles. The smallest absolute Gasteiger partial charge is 0.378 e. The van der Waals surface area contributed by atoms with Gasteiger partial charge in [-0.3, -0.25) is 0 Å². The molecule has 3 aromatic rings. The second-order valence-corrected chi connectivity index (χ2v) is 5.47. The van der Waals surface area contributed by atoms with Gasteiger partial charge in [0.05, 0.1) is 17.4 Å². The molecule has 0 saturated heterocycles. The lowest BCUT2D eigenvalue weighted by Gasteiger charge is -2.12. The van der Waals surface area contributed by atoms with Crippen molar-refractivity contribution in [3.63, 3.8) is 0 Å². The van der Waals surface area contributed by atoms with E-state index >= 15 is 0 Å². The van der Waals surface area contributed by atoms with Crippen LogP contribution in [0, 0.1) is 0 Å². The van der Waals surface area contributed by atoms with Crippen LogP contribution in [0.4, 0.5) is 18.9 Å². The molecule has 24 heavy (non-hydrogen) atoms. The van der Waals surface area contributed by atoms with Gasteiger partial charge in [-0.05, 0) is 30.3 Å². The first-order valence-corrected chi connectivity index (χ1v) is 7.23. The molecule has 0 saturated carbocycles. The van der Waals surface area contributed by atoms with Crippen LogP contribution >= 0.6 is 0 Å². The Morgan fingerprint density at radius 3 is 2.25 bits per heavy atom. The van der Waals surface area contributed by atoms with Crippen molar-refractivity contribution >= 4 is 5.69 Å². The van der Waals surface area contributed by atoms with Gasteiger partial charge in [-0.15, -0.1) is 5.10 Å². The zero-order valence-corrected chi connectivity index (χ0v) is 13.1. The third-order valence-electron chi connectivity index (χ3n) is 3.60. The number of alkyl halides is 3. The average Bonchev–Trinajstić information content (AvgIpc) is 3.04. The summed E-state index contributed by atoms with van der Waals surface area (Å²) in [5.41, 5.74) is 1.16. The number of rotatable bonds is 3. The van der Waals surface area contributed by atoms with Gasteiger partial charge in [-0.25, -0.2) is 0 Å². The van der Waals surface area contributed by atoms with E-state index in [4.69, 9.17) is 0 Å². The fourth-order valence-corrected chi connectivity index (χ4v) is 2.35. The van der Waals surface area contributed by atoms with Gasteiger partial charge in [0.1, 0.15) is 5.69 Å². The molecule has 0 aliphatic carbocycles. The molecule has 4 nitrogen and oxygen atoms in total. The summed E-state index contributed by atoms with van der Waals surface area (Å²) in [5.74, 6) is 0. The molecule has 3 rings (SSSR count). The predicted molar refractivity (Wildman–Crippen MR) is 86.1 cm³/mol. The minimum atomic E-state index is -4.44. The molecule has 0 unspecified atom stereocenters. The Morgan fingerprint density at radius 1 is 0.958 bits per heavy atom. The van der Waals surface area contributed by atoms with Crippen molar-refractivity contribution in [2.45, 2.75) is 6.18 Å². The highest BCUT2D eigenvalue weighted by atomic mass is 19.4. The Kier molecular flexibility index (Phi) is 4.01. The van der Waals surface area contributed by atoms with Crippen LogP contribution in [0.5, 0.6) is 0 Å². The monoisotopic (exact) mass is 332 g/mol. The van der Waals surface area contributed by atoms with Crippen LogP contribution in [-0.4, -0.2) is 29.1 Å². The van der Waals surface area contributed by atoms with Gasteiger partial charge in [0.2, 0.25) is 0 Å². The highest BCUT2D eigenvalue weighted by Gasteiger charge is 2.33. The largest absolute Gasteiger partial charge is 0.417 e. The average molecular weight is 332 g/mol. The molecule has 2 aromatic carbocycles. The Bertz CT molecular complexity index is 836. The van der Waals surface area contributed by atoms with Gasteiger partial charge in [0.15, 0.2) is 0 Å². The number of halogens is 3. The molecule has 0 aliphatic rings. The van der Waals surface area contributed by atoms with E-state index in [9.17, 15) is 13.2 Å². The molecule has 0 atom stereocenters. The molecule has 0 radical (unpaired) electrons. The standard InChI is InChI=1S/C17H15F3N4/c1-23(2)12-7-9-13(10-8-12)24-21-11-16(22-24)14-5-3-4-6-15(14)17(18,19)20/h3-11H,1-2H3. The summed E-state index contributed by atoms with van der Waals surface area (Å²) in [6, 6.07) is 12.8. The lowest BCUT2D eigenvalue weighted by atomic mass is 10.1. The first-order chi connectivity index (χ1) is 11.4. The Labute approximate surface area is 137 Å². The third-order valence-corrected chi connectivity index (χ3v) is 3.60. The van der Waals surface area contributed by atoms with Crippen LogP contribution in [0.2, 0.25) is 0 Å². The van der Waals surface area contributed by atoms with E-state index in [2.05, 4.69) is 10.2 Å². The highest BCUT2D eigenvalue weighted by Crippen LogP contribution is 2.36. The predicted octanol–water partition coefficient (Wildman–Crippen LogP) is 4.02. The zero-order valence-electron chi connectivity index (χ0n) is 13.1. The molecule has 7 heteroatoms. The van der Waals surface area contributed by atoms with Crippen LogP contribution in [0.25, 0.3) is 16.9 Å². The van der Waals surface area contributed by atoms with Crippen LogP contribution in [0.1, 0.15) is 5.56 Å². The SMILES string of the molecule is CN(C)c1ccc(-n2ncc(-c3ccccc3C(F)(F)F)n2)cc1. The highest BCUT2D eigenvalue weighted by molar-refractivity contribution is 5.63. The summed E-state index contributed by atoms with van der Waals surface area (Å²) in [7, 11) is 3.85. The van der Waals surface area contributed by atoms with Crippen molar-refractivity contribution in [1.29, 1.82) is 0 Å². The molecular weight excluding hydrogens is 317 g/mol. The first-order valence-electron chi connectivity index (χ1n) is 7.23. The van der Waals surface area contributed by atoms with Crippen molar-refractivity contribution in [1.82, 2.24) is 15.0 Å². The molecule has 124 valence electrons. The van der Waals surface area contributed by atoms with Gasteiger partial charge in [0.25, 0.3) is 0 Å². The number of hydrogen-bond acceptors (Lipinski definition) is 3. The summed E-state index contributed by atoms with van der Waals surface area (Å²) >= 11 is 0. The van der Waals surface area contributed by atoms with Gasteiger partial charge in [0, 0.05) is 25.3 Å². The maximum Gasteiger partial charge on any atom is 0.417 e. The zero-order chi connectivity index (χ0) is 17.3. The van der Waals surface area contributed by atoms with Crippen molar-refractivity contribution in [2.75, 3.05) is 19.0 Å². The van der Waals surface area contributed by atoms with Crippen molar-refractivity contribution in [2.24, 2.45) is 0 Å². The summed E-state index contributed by atoms with van der Waals surface area (Å²) < 4.78 is 39.4. The van der Waals surface area contributed by atoms with Gasteiger partial charge >= 0.3 is 6.18 Å². The van der Waals surface area contributed by atoms with Crippen molar-refractivity contribution in [3.8, 4) is 16.9 Å². The van der Waals surface area contributed by atoms with E-state index in [1.165, 1.54) is 23.1 Å². The van der Waals surface area contributed by atoms with E-state index in [0.29, 0.717) is 5.69 Å². The molecule has 0 bridgehead atoms. The second kappa shape index (κ2) is 5.99. The molecule has 1 heterocycles. The van der Waals surface area contributed by atoms with Gasteiger partial charge < -0.3 is 4.90 Å². The molecule has 1 aromatic heterocycles. The second-order valence-electron chi connectivity index (χ2n) is 5.47. The Hall–Kier alpha value is -2.83. The topological polar surface area (TPSA) is 34.0 Å². The molecule has 0 spiro atoms. The minimum absolute atomic E-state index is 0.0150. The van der Waals surface area contributed by atoms with E-state index in [-0.39, 0.29) is 11.3 Å². The minimum Gasteiger partial charge on any atom is -0.378 e. The van der Waals surface area contributed by atoms with Crippen LogP contribution < -0.4 is 4.90 Å². The Morgan fingerprint density at radius 2 is 1.62 bits per heavy atom. The maximum absolute atomic E-state index is 13.1. The fraction of sp³-hybridized carbons (Fsp3) is 0.176. The van der Waals surface area contributed by atoms with E-state index in [1.54, 1.807) is 6.07 Å². The molecule has 0 amide bonds. The number of nitrogens with zero attached hydrogens (tertiary/aromatic N) is 4. The van der Waals surface area contributed by atoms with E-state index in [1.807, 2.05) is 43.3 Å². The fourth-order valence-electron chi connectivity index (χ4n) is 2.35. The molecule has 0 N–H and O–H groups in total. The normalized spacial score (nSPS) is 11.5. The van der Waals surface area contributed by atoms with Crippen LogP contribution in [0.15, 0.2) is 54.7 Å². The van der Waals surface area contributed by atoms with E-state index < -0.39 is 11.7 Å². The summed E-state index contributed by atoms with van der Waals surface area (Å²) in [4.78, 5) is 3.27. The lowest BCUT2D eigenvalue weighted by molar-refractivity contribution is -0.137. The number of aromatic nitrogens is 3. The molecule has 0 fully saturated rings. The maximum atomic E-state index is 13.1. The summed E-state index contributed by atoms with van der Waals surface area (Å²) in [5, 5.41) is 8.28. The van der Waals surface area contributed by atoms with Gasteiger partial charge in [-0.1, -0.05) is 18.2 Å². The first kappa shape index (κ1) is 16.0. The summed E-state index contributed by atoms with van der Waals surface area (Å²) in [6.07, 6.45) is -3.10. The van der Waals surface area contributed by atoms with Crippen LogP contribution in [0.3, 0.4) is 0 Å². The Balaban J connectivity index is 1.97. The summed E-state index contributed by atoms with van der Waals surface area (Å²) in [6.45, 7) is 0. The van der Waals surface area contributed by atoms with Gasteiger partial charge in [-0.2, -0.15) is 23.1 Å². The third kappa shape index (κ3) is 3.10. The van der Waals surface area contributed by atoms with E-state index in [0.717, 1.165) is 11.8 Å². The van der Waals surface area contributed by atoms with Crippen molar-refractivity contribution in [3.05, 3.63) is 60.3 Å². The number of benzene rings is 2.